The van der Waals surface area contributed by atoms with Gasteiger partial charge < -0.3 is 9.64 Å². The predicted molar refractivity (Wildman–Crippen MR) is 92.2 cm³/mol. The van der Waals surface area contributed by atoms with Crippen molar-refractivity contribution in [3.8, 4) is 0 Å². The predicted octanol–water partition coefficient (Wildman–Crippen LogP) is 1.29. The molecule has 0 aromatic heterocycles. The number of nitrogens with one attached hydrogen (secondary N) is 1. The number of rotatable bonds is 3. The number of amides is 2. The zero-order valence-corrected chi connectivity index (χ0v) is 14.1. The number of nitrogens with zero attached hydrogens (tertiary/aromatic N) is 1. The molecule has 0 saturated carbocycles. The number of benzene rings is 2. The maximum Gasteiger partial charge on any atom is 0.265 e. The Morgan fingerprint density at radius 1 is 1.00 bits per heavy atom. The van der Waals surface area contributed by atoms with Gasteiger partial charge in [0.05, 0.1) is 17.7 Å². The van der Waals surface area contributed by atoms with Crippen LogP contribution in [0.3, 0.4) is 0 Å². The van der Waals surface area contributed by atoms with E-state index in [1.807, 2.05) is 18.2 Å². The Bertz CT molecular complexity index is 771. The highest BCUT2D eigenvalue weighted by Crippen LogP contribution is 2.23. The molecule has 1 unspecified atom stereocenters. The lowest BCUT2D eigenvalue weighted by Crippen LogP contribution is -3.19. The first-order chi connectivity index (χ1) is 12.2. The largest absolute Gasteiger partial charge is 0.361 e. The van der Waals surface area contributed by atoms with Crippen molar-refractivity contribution in [3.05, 3.63) is 71.3 Å². The minimum Gasteiger partial charge on any atom is -0.361 e. The molecule has 1 saturated heterocycles. The van der Waals surface area contributed by atoms with Crippen LogP contribution in [0.25, 0.3) is 0 Å². The Morgan fingerprint density at radius 3 is 2.24 bits per heavy atom. The van der Waals surface area contributed by atoms with Crippen LogP contribution < -0.4 is 4.90 Å². The second kappa shape index (κ2) is 6.43. The van der Waals surface area contributed by atoms with Gasteiger partial charge in [0.1, 0.15) is 18.7 Å². The van der Waals surface area contributed by atoms with Crippen LogP contribution in [0.15, 0.2) is 54.6 Å². The van der Waals surface area contributed by atoms with Crippen molar-refractivity contribution >= 4 is 11.8 Å². The smallest absolute Gasteiger partial charge is 0.265 e. The van der Waals surface area contributed by atoms with Crippen LogP contribution >= 0.6 is 0 Å². The van der Waals surface area contributed by atoms with Crippen LogP contribution in [-0.4, -0.2) is 42.6 Å². The van der Waals surface area contributed by atoms with E-state index in [4.69, 9.17) is 4.74 Å². The molecule has 4 rings (SSSR count). The number of imide groups is 1. The number of carbonyl (C=O) groups is 2. The fourth-order valence-electron chi connectivity index (χ4n) is 3.74. The molecular formula is C20H21N2O3+. The van der Waals surface area contributed by atoms with Gasteiger partial charge in [-0.1, -0.05) is 42.5 Å². The van der Waals surface area contributed by atoms with Crippen molar-refractivity contribution in [2.75, 3.05) is 19.8 Å². The average Bonchev–Trinajstić information content (AvgIpc) is 2.89. The number of fused-ring (bicyclic) bond motifs is 1. The van der Waals surface area contributed by atoms with E-state index < -0.39 is 0 Å². The fourth-order valence-corrected chi connectivity index (χ4v) is 3.74. The lowest BCUT2D eigenvalue weighted by Gasteiger charge is -2.37. The van der Waals surface area contributed by atoms with Crippen LogP contribution in [0.2, 0.25) is 0 Å². The fraction of sp³-hybridized carbons (Fsp3) is 0.300. The molecule has 128 valence electrons. The molecule has 3 atom stereocenters. The third kappa shape index (κ3) is 2.75. The Hall–Kier alpha value is -2.50. The van der Waals surface area contributed by atoms with E-state index in [2.05, 4.69) is 19.1 Å². The number of hydrogen-bond acceptors (Lipinski definition) is 3. The molecule has 0 aliphatic carbocycles. The number of carbonyl (C=O) groups excluding carboxylic acids is 2. The Morgan fingerprint density at radius 2 is 1.60 bits per heavy atom. The van der Waals surface area contributed by atoms with Crippen molar-refractivity contribution in [3.63, 3.8) is 0 Å². The standard InChI is InChI=1S/C20H20N2O3/c1-14-18(15-7-3-2-4-8-15)25-12-11-21(14)13-22-19(23)16-9-5-6-10-17(16)20(22)24/h2-10,14,18H,11-13H2,1H3/p+1/t14-,18-/m0/s1. The summed E-state index contributed by atoms with van der Waals surface area (Å²) in [5.41, 5.74) is 2.15. The summed E-state index contributed by atoms with van der Waals surface area (Å²) in [7, 11) is 0. The van der Waals surface area contributed by atoms with Gasteiger partial charge in [-0.05, 0) is 24.6 Å². The second-order valence-corrected chi connectivity index (χ2v) is 6.64. The minimum absolute atomic E-state index is 0.0277. The molecule has 5 heteroatoms. The third-order valence-electron chi connectivity index (χ3n) is 5.19. The second-order valence-electron chi connectivity index (χ2n) is 6.64. The molecule has 25 heavy (non-hydrogen) atoms. The molecule has 2 amide bonds. The summed E-state index contributed by atoms with van der Waals surface area (Å²) in [5.74, 6) is -0.383. The average molecular weight is 337 g/mol. The zero-order valence-electron chi connectivity index (χ0n) is 14.1. The molecule has 0 spiro atoms. The molecule has 0 bridgehead atoms. The van der Waals surface area contributed by atoms with Crippen LogP contribution in [0.5, 0.6) is 0 Å². The summed E-state index contributed by atoms with van der Waals surface area (Å²) in [4.78, 5) is 27.8. The summed E-state index contributed by atoms with van der Waals surface area (Å²) in [6.07, 6.45) is -0.0277. The first-order valence-electron chi connectivity index (χ1n) is 8.63. The van der Waals surface area contributed by atoms with Gasteiger partial charge >= 0.3 is 0 Å². The van der Waals surface area contributed by atoms with Gasteiger partial charge in [-0.2, -0.15) is 0 Å². The van der Waals surface area contributed by atoms with E-state index in [9.17, 15) is 9.59 Å². The highest BCUT2D eigenvalue weighted by Gasteiger charge is 2.41. The molecule has 0 radical (unpaired) electrons. The first kappa shape index (κ1) is 16.0. The molecule has 2 aliphatic rings. The maximum absolute atomic E-state index is 12.6. The van der Waals surface area contributed by atoms with Crippen LogP contribution in [0, 0.1) is 0 Å². The van der Waals surface area contributed by atoms with Gasteiger partial charge in [0.2, 0.25) is 0 Å². The van der Waals surface area contributed by atoms with Gasteiger partial charge in [0, 0.05) is 0 Å². The Labute approximate surface area is 146 Å². The normalized spacial score (nSPS) is 26.0. The molecular weight excluding hydrogens is 316 g/mol. The summed E-state index contributed by atoms with van der Waals surface area (Å²) in [6.45, 7) is 3.88. The zero-order chi connectivity index (χ0) is 17.4. The first-order valence-corrected chi connectivity index (χ1v) is 8.63. The van der Waals surface area contributed by atoms with E-state index in [1.54, 1.807) is 24.3 Å². The van der Waals surface area contributed by atoms with E-state index in [0.29, 0.717) is 24.4 Å². The molecule has 5 nitrogen and oxygen atoms in total. The quantitative estimate of drug-likeness (QED) is 0.859. The monoisotopic (exact) mass is 337 g/mol. The van der Waals surface area contributed by atoms with E-state index >= 15 is 0 Å². The van der Waals surface area contributed by atoms with Gasteiger partial charge in [0.25, 0.3) is 11.8 Å². The van der Waals surface area contributed by atoms with Crippen molar-refractivity contribution in [2.24, 2.45) is 0 Å². The van der Waals surface area contributed by atoms with Gasteiger partial charge in [-0.25, -0.2) is 4.90 Å². The van der Waals surface area contributed by atoms with Gasteiger partial charge in [-0.15, -0.1) is 0 Å². The van der Waals surface area contributed by atoms with Crippen molar-refractivity contribution in [1.82, 2.24) is 4.90 Å². The van der Waals surface area contributed by atoms with Gasteiger partial charge in [-0.3, -0.25) is 9.59 Å². The highest BCUT2D eigenvalue weighted by atomic mass is 16.5. The van der Waals surface area contributed by atoms with Crippen molar-refractivity contribution in [1.29, 1.82) is 0 Å². The lowest BCUT2D eigenvalue weighted by molar-refractivity contribution is -0.943. The number of hydrogen-bond donors (Lipinski definition) is 1. The molecule has 1 fully saturated rings. The van der Waals surface area contributed by atoms with Crippen molar-refractivity contribution in [2.45, 2.75) is 19.1 Å². The molecule has 2 aliphatic heterocycles. The highest BCUT2D eigenvalue weighted by molar-refractivity contribution is 6.21. The van der Waals surface area contributed by atoms with Crippen LogP contribution in [-0.2, 0) is 4.74 Å². The summed E-state index contributed by atoms with van der Waals surface area (Å²) in [5, 5.41) is 0. The van der Waals surface area contributed by atoms with E-state index in [-0.39, 0.29) is 24.0 Å². The van der Waals surface area contributed by atoms with Crippen molar-refractivity contribution < 1.29 is 19.2 Å². The minimum atomic E-state index is -0.192. The topological polar surface area (TPSA) is 51.1 Å². The lowest BCUT2D eigenvalue weighted by atomic mass is 10.0. The van der Waals surface area contributed by atoms with Crippen LogP contribution in [0.1, 0.15) is 39.3 Å². The number of morpholine rings is 1. The van der Waals surface area contributed by atoms with Gasteiger partial charge in [0.15, 0.2) is 6.67 Å². The molecule has 2 aromatic rings. The molecule has 2 heterocycles. The number of ether oxygens (including phenoxy) is 1. The number of quaternary nitrogens is 1. The molecule has 2 aromatic carbocycles. The summed E-state index contributed by atoms with van der Waals surface area (Å²) < 4.78 is 5.98. The Kier molecular flexibility index (Phi) is 4.11. The molecule has 1 N–H and O–H groups in total. The van der Waals surface area contributed by atoms with E-state index in [1.165, 1.54) is 9.80 Å². The van der Waals surface area contributed by atoms with Crippen LogP contribution in [0.4, 0.5) is 0 Å². The third-order valence-corrected chi connectivity index (χ3v) is 5.19. The Balaban J connectivity index is 1.53. The van der Waals surface area contributed by atoms with E-state index in [0.717, 1.165) is 12.1 Å². The maximum atomic E-state index is 12.6. The summed E-state index contributed by atoms with van der Waals surface area (Å²) in [6, 6.07) is 17.3. The summed E-state index contributed by atoms with van der Waals surface area (Å²) >= 11 is 0. The SMILES string of the molecule is C[C@H]1[C@@H](c2ccccc2)OCC[NH+]1CN1C(=O)c2ccccc2C1=O.